The van der Waals surface area contributed by atoms with E-state index in [0.29, 0.717) is 0 Å². The molecule has 5 aromatic rings. The largest absolute Gasteiger partial charge is 0.478 e. The molecular weight excluding hydrogens is 470 g/mol. The molecule has 0 radical (unpaired) electrons. The van der Waals surface area contributed by atoms with Crippen LogP contribution in [0.15, 0.2) is 109 Å². The third kappa shape index (κ3) is 5.27. The van der Waals surface area contributed by atoms with E-state index in [2.05, 4.69) is 95.8 Å². The van der Waals surface area contributed by atoms with Crippen molar-refractivity contribution in [3.05, 3.63) is 132 Å². The Bertz CT molecular complexity index is 1610. The molecule has 0 aliphatic carbocycles. The summed E-state index contributed by atoms with van der Waals surface area (Å²) < 4.78 is 0. The topological polar surface area (TPSA) is 69.2 Å². The number of aromatic nitrogens is 2. The predicted octanol–water partition coefficient (Wildman–Crippen LogP) is 7.80. The molecule has 1 heterocycles. The van der Waals surface area contributed by atoms with Gasteiger partial charge in [0.2, 0.25) is 0 Å². The van der Waals surface area contributed by atoms with Crippen LogP contribution in [0.4, 0.5) is 11.4 Å². The lowest BCUT2D eigenvalue weighted by Gasteiger charge is -2.21. The van der Waals surface area contributed by atoms with Gasteiger partial charge in [-0.3, -0.25) is 5.10 Å². The Morgan fingerprint density at radius 2 is 1.53 bits per heavy atom. The summed E-state index contributed by atoms with van der Waals surface area (Å²) in [7, 11) is 2.08. The zero-order valence-electron chi connectivity index (χ0n) is 21.4. The van der Waals surface area contributed by atoms with Crippen LogP contribution in [-0.4, -0.2) is 28.3 Å². The Morgan fingerprint density at radius 3 is 2.21 bits per heavy atom. The number of carbonyl (C=O) groups is 1. The number of aliphatic carboxylic acids is 1. The minimum absolute atomic E-state index is 0.840. The average Bonchev–Trinajstić information content (AvgIpc) is 3.43. The van der Waals surface area contributed by atoms with Gasteiger partial charge in [-0.25, -0.2) is 4.79 Å². The molecule has 0 bridgehead atoms. The Labute approximate surface area is 222 Å². The molecule has 2 N–H and O–H groups in total. The first-order valence-corrected chi connectivity index (χ1v) is 12.6. The van der Waals surface area contributed by atoms with E-state index < -0.39 is 5.97 Å². The highest BCUT2D eigenvalue weighted by Crippen LogP contribution is 2.36. The Hall–Kier alpha value is -4.90. The van der Waals surface area contributed by atoms with E-state index in [1.54, 1.807) is 6.08 Å². The van der Waals surface area contributed by atoms with E-state index in [9.17, 15) is 4.79 Å². The van der Waals surface area contributed by atoms with Crippen molar-refractivity contribution >= 4 is 45.5 Å². The van der Waals surface area contributed by atoms with Crippen molar-refractivity contribution in [3.8, 4) is 0 Å². The van der Waals surface area contributed by atoms with Crippen molar-refractivity contribution in [1.29, 1.82) is 0 Å². The van der Waals surface area contributed by atoms with E-state index in [0.717, 1.165) is 62.6 Å². The molecule has 1 aromatic heterocycles. The summed E-state index contributed by atoms with van der Waals surface area (Å²) >= 11 is 0. The molecule has 0 amide bonds. The molecule has 0 spiro atoms. The first kappa shape index (κ1) is 24.8. The molecule has 0 saturated carbocycles. The van der Waals surface area contributed by atoms with Crippen molar-refractivity contribution < 1.29 is 9.90 Å². The zero-order valence-corrected chi connectivity index (χ0v) is 21.4. The van der Waals surface area contributed by atoms with Gasteiger partial charge in [-0.1, -0.05) is 67.6 Å². The van der Waals surface area contributed by atoms with Crippen molar-refractivity contribution in [3.63, 3.8) is 0 Å². The van der Waals surface area contributed by atoms with E-state index >= 15 is 0 Å². The second-order valence-electron chi connectivity index (χ2n) is 9.11. The highest BCUT2D eigenvalue weighted by atomic mass is 16.4. The molecular formula is C33H29N3O2. The Morgan fingerprint density at radius 1 is 0.868 bits per heavy atom. The number of para-hydroxylation sites is 1. The number of nitrogens with zero attached hydrogens (tertiary/aromatic N) is 2. The lowest BCUT2D eigenvalue weighted by atomic mass is 9.87. The fourth-order valence-electron chi connectivity index (χ4n) is 4.75. The summed E-state index contributed by atoms with van der Waals surface area (Å²) in [5, 5.41) is 17.3. The smallest absolute Gasteiger partial charge is 0.328 e. The van der Waals surface area contributed by atoms with Crippen LogP contribution < -0.4 is 4.90 Å². The van der Waals surface area contributed by atoms with Crippen LogP contribution in [0.3, 0.4) is 0 Å². The number of carboxylic acid groups (broad SMARTS) is 1. The van der Waals surface area contributed by atoms with Crippen LogP contribution in [0, 0.1) is 0 Å². The van der Waals surface area contributed by atoms with Crippen LogP contribution in [0.2, 0.25) is 0 Å². The summed E-state index contributed by atoms with van der Waals surface area (Å²) in [6.07, 6.45) is 5.45. The van der Waals surface area contributed by atoms with Gasteiger partial charge >= 0.3 is 5.97 Å². The molecule has 0 saturated heterocycles. The number of anilines is 2. The molecule has 5 nitrogen and oxygen atoms in total. The number of hydrogen-bond acceptors (Lipinski definition) is 3. The lowest BCUT2D eigenvalue weighted by Crippen LogP contribution is -2.09. The number of allylic oxidation sites excluding steroid dienone is 1. The molecule has 0 aliphatic rings. The molecule has 0 aliphatic heterocycles. The summed E-state index contributed by atoms with van der Waals surface area (Å²) in [4.78, 5) is 13.1. The normalized spacial score (nSPS) is 12.1. The number of benzene rings is 4. The highest BCUT2D eigenvalue weighted by molar-refractivity contribution is 6.00. The second kappa shape index (κ2) is 11.0. The quantitative estimate of drug-likeness (QED) is 0.169. The standard InChI is InChI=1S/C33H29N3O2/c1-3-30(24-14-17-29(18-15-24)36(2)28-7-5-4-6-8-28)33(26-16-19-31-27(21-26)22-34-35-31)25-12-9-23(10-13-25)11-20-32(37)38/h4-22H,3H2,1-2H3,(H,34,35)(H,37,38)/b20-11+,33-30?. The van der Waals surface area contributed by atoms with Gasteiger partial charge in [-0.2, -0.15) is 5.10 Å². The SMILES string of the molecule is CCC(=C(c1ccc(/C=C/C(=O)O)cc1)c1ccc2[nH]ncc2c1)c1ccc(N(C)c2ccccc2)cc1. The molecule has 5 heteroatoms. The predicted molar refractivity (Wildman–Crippen MR) is 156 cm³/mol. The van der Waals surface area contributed by atoms with Gasteiger partial charge in [-0.05, 0) is 82.3 Å². The first-order valence-electron chi connectivity index (χ1n) is 12.6. The number of carboxylic acids is 1. The number of fused-ring (bicyclic) bond motifs is 1. The number of nitrogens with one attached hydrogen (secondary N) is 1. The van der Waals surface area contributed by atoms with Gasteiger partial charge in [0.25, 0.3) is 0 Å². The van der Waals surface area contributed by atoms with E-state index in [4.69, 9.17) is 5.11 Å². The summed E-state index contributed by atoms with van der Waals surface area (Å²) in [6.45, 7) is 2.18. The van der Waals surface area contributed by atoms with Crippen LogP contribution in [-0.2, 0) is 4.79 Å². The second-order valence-corrected chi connectivity index (χ2v) is 9.11. The minimum Gasteiger partial charge on any atom is -0.478 e. The van der Waals surface area contributed by atoms with Crippen LogP contribution in [0.25, 0.3) is 28.1 Å². The fraction of sp³-hybridized carbons (Fsp3) is 0.0909. The number of hydrogen-bond donors (Lipinski definition) is 2. The summed E-state index contributed by atoms with van der Waals surface area (Å²) in [5.74, 6) is -0.960. The average molecular weight is 500 g/mol. The van der Waals surface area contributed by atoms with E-state index in [1.165, 1.54) is 5.57 Å². The third-order valence-corrected chi connectivity index (χ3v) is 6.75. The fourth-order valence-corrected chi connectivity index (χ4v) is 4.75. The minimum atomic E-state index is -0.960. The monoisotopic (exact) mass is 499 g/mol. The molecule has 38 heavy (non-hydrogen) atoms. The zero-order chi connectivity index (χ0) is 26.5. The van der Waals surface area contributed by atoms with Crippen LogP contribution in [0.5, 0.6) is 0 Å². The maximum Gasteiger partial charge on any atom is 0.328 e. The van der Waals surface area contributed by atoms with Crippen molar-refractivity contribution in [2.45, 2.75) is 13.3 Å². The van der Waals surface area contributed by atoms with Gasteiger partial charge in [0, 0.05) is 29.9 Å². The van der Waals surface area contributed by atoms with Gasteiger partial charge in [0.15, 0.2) is 0 Å². The van der Waals surface area contributed by atoms with Crippen LogP contribution in [0.1, 0.15) is 35.6 Å². The Kier molecular flexibility index (Phi) is 7.18. The van der Waals surface area contributed by atoms with E-state index in [-0.39, 0.29) is 0 Å². The van der Waals surface area contributed by atoms with Crippen molar-refractivity contribution in [1.82, 2.24) is 10.2 Å². The van der Waals surface area contributed by atoms with Gasteiger partial charge in [0.05, 0.1) is 11.7 Å². The lowest BCUT2D eigenvalue weighted by molar-refractivity contribution is -0.131. The Balaban J connectivity index is 1.60. The molecule has 0 fully saturated rings. The third-order valence-electron chi connectivity index (χ3n) is 6.75. The van der Waals surface area contributed by atoms with Gasteiger partial charge in [0.1, 0.15) is 0 Å². The van der Waals surface area contributed by atoms with Crippen molar-refractivity contribution in [2.24, 2.45) is 0 Å². The molecule has 4 aromatic carbocycles. The van der Waals surface area contributed by atoms with Gasteiger partial charge in [-0.15, -0.1) is 0 Å². The summed E-state index contributed by atoms with van der Waals surface area (Å²) in [5.41, 5.74) is 9.81. The highest BCUT2D eigenvalue weighted by Gasteiger charge is 2.15. The van der Waals surface area contributed by atoms with E-state index in [1.807, 2.05) is 36.5 Å². The number of aromatic amines is 1. The van der Waals surface area contributed by atoms with Gasteiger partial charge < -0.3 is 10.0 Å². The maximum absolute atomic E-state index is 10.9. The molecule has 0 unspecified atom stereocenters. The molecule has 188 valence electrons. The number of H-pyrrole nitrogens is 1. The van der Waals surface area contributed by atoms with Crippen molar-refractivity contribution in [2.75, 3.05) is 11.9 Å². The molecule has 5 rings (SSSR count). The van der Waals surface area contributed by atoms with Crippen LogP contribution >= 0.6 is 0 Å². The number of rotatable bonds is 8. The first-order chi connectivity index (χ1) is 18.5. The maximum atomic E-state index is 10.9. The molecule has 0 atom stereocenters. The summed E-state index contributed by atoms with van der Waals surface area (Å²) in [6, 6.07) is 33.4.